The molecule has 1 atom stereocenters. The van der Waals surface area contributed by atoms with Crippen LogP contribution in [0.1, 0.15) is 23.2 Å². The number of amides is 2. The maximum absolute atomic E-state index is 12.4. The molecular formula is C15H15ClN4O2. The minimum absolute atomic E-state index is 0.0238. The van der Waals surface area contributed by atoms with Gasteiger partial charge in [0.05, 0.1) is 17.5 Å². The third-order valence-electron chi connectivity index (χ3n) is 3.62. The Labute approximate surface area is 132 Å². The van der Waals surface area contributed by atoms with Crippen LogP contribution in [0.4, 0.5) is 0 Å². The first-order valence-corrected chi connectivity index (χ1v) is 7.38. The van der Waals surface area contributed by atoms with Crippen molar-refractivity contribution in [3.63, 3.8) is 0 Å². The second kappa shape index (κ2) is 6.19. The zero-order valence-electron chi connectivity index (χ0n) is 11.7. The second-order valence-corrected chi connectivity index (χ2v) is 5.62. The van der Waals surface area contributed by atoms with Gasteiger partial charge in [0, 0.05) is 29.6 Å². The molecule has 3 rings (SSSR count). The van der Waals surface area contributed by atoms with Gasteiger partial charge in [0.2, 0.25) is 5.91 Å². The molecule has 1 aromatic carbocycles. The quantitative estimate of drug-likeness (QED) is 0.805. The van der Waals surface area contributed by atoms with Crippen molar-refractivity contribution in [2.45, 2.75) is 18.9 Å². The number of halogens is 1. The number of hydrogen-bond acceptors (Lipinski definition) is 3. The van der Waals surface area contributed by atoms with Crippen molar-refractivity contribution in [1.29, 1.82) is 0 Å². The van der Waals surface area contributed by atoms with Gasteiger partial charge in [-0.3, -0.25) is 14.7 Å². The number of nitrogens with zero attached hydrogens (tertiary/aromatic N) is 1. The molecule has 2 aromatic rings. The number of nitrogens with one attached hydrogen (secondary N) is 3. The van der Waals surface area contributed by atoms with Crippen molar-refractivity contribution in [1.82, 2.24) is 20.8 Å². The number of rotatable bonds is 3. The van der Waals surface area contributed by atoms with Gasteiger partial charge in [-0.25, -0.2) is 0 Å². The van der Waals surface area contributed by atoms with Gasteiger partial charge in [0.15, 0.2) is 0 Å². The Kier molecular flexibility index (Phi) is 4.11. The van der Waals surface area contributed by atoms with E-state index in [0.717, 1.165) is 5.56 Å². The minimum atomic E-state index is -0.208. The molecular weight excluding hydrogens is 304 g/mol. The third kappa shape index (κ3) is 3.12. The summed E-state index contributed by atoms with van der Waals surface area (Å²) in [5.74, 6) is -0.185. The molecule has 0 aliphatic carbocycles. The fourth-order valence-corrected chi connectivity index (χ4v) is 2.54. The Morgan fingerprint density at radius 1 is 1.32 bits per heavy atom. The number of hydrogen-bond donors (Lipinski definition) is 3. The first-order valence-electron chi connectivity index (χ1n) is 7.00. The van der Waals surface area contributed by atoms with E-state index in [9.17, 15) is 9.59 Å². The van der Waals surface area contributed by atoms with Gasteiger partial charge >= 0.3 is 0 Å². The average Bonchev–Trinajstić information content (AvgIpc) is 3.00. The van der Waals surface area contributed by atoms with E-state index in [1.54, 1.807) is 12.1 Å². The Morgan fingerprint density at radius 3 is 2.77 bits per heavy atom. The summed E-state index contributed by atoms with van der Waals surface area (Å²) in [5, 5.41) is 13.1. The summed E-state index contributed by atoms with van der Waals surface area (Å²) in [5.41, 5.74) is 1.96. The maximum atomic E-state index is 12.4. The fraction of sp³-hybridized carbons (Fsp3) is 0.267. The van der Waals surface area contributed by atoms with Crippen LogP contribution in [0.25, 0.3) is 11.3 Å². The molecule has 1 aromatic heterocycles. The van der Waals surface area contributed by atoms with Crippen LogP contribution in [0.3, 0.4) is 0 Å². The minimum Gasteiger partial charge on any atom is -0.354 e. The summed E-state index contributed by atoms with van der Waals surface area (Å²) in [4.78, 5) is 23.5. The predicted octanol–water partition coefficient (Wildman–Crippen LogP) is 1.74. The summed E-state index contributed by atoms with van der Waals surface area (Å²) in [6.45, 7) is 0.457. The number of aromatic nitrogens is 2. The van der Waals surface area contributed by atoms with Gasteiger partial charge in [0.25, 0.3) is 5.91 Å². The average molecular weight is 319 g/mol. The second-order valence-electron chi connectivity index (χ2n) is 5.18. The lowest BCUT2D eigenvalue weighted by Gasteiger charge is -2.23. The normalized spacial score (nSPS) is 17.9. The summed E-state index contributed by atoms with van der Waals surface area (Å²) in [6.07, 6.45) is 2.58. The predicted molar refractivity (Wildman–Crippen MR) is 82.5 cm³/mol. The Balaban J connectivity index is 1.75. The van der Waals surface area contributed by atoms with Crippen molar-refractivity contribution >= 4 is 23.4 Å². The van der Waals surface area contributed by atoms with Crippen LogP contribution in [0, 0.1) is 0 Å². The molecule has 22 heavy (non-hydrogen) atoms. The number of carbonyl (C=O) groups excluding carboxylic acids is 2. The molecule has 0 saturated carbocycles. The number of carbonyl (C=O) groups is 2. The van der Waals surface area contributed by atoms with Gasteiger partial charge in [-0.1, -0.05) is 23.7 Å². The SMILES string of the molecule is O=C1CCC(NC(=O)c2cn[nH]c2-c2ccc(Cl)cc2)CN1. The van der Waals surface area contributed by atoms with Gasteiger partial charge in [-0.05, 0) is 18.6 Å². The van der Waals surface area contributed by atoms with Crippen LogP contribution in [-0.2, 0) is 4.79 Å². The molecule has 0 radical (unpaired) electrons. The lowest BCUT2D eigenvalue weighted by Crippen LogP contribution is -2.47. The summed E-state index contributed by atoms with van der Waals surface area (Å²) in [7, 11) is 0. The third-order valence-corrected chi connectivity index (χ3v) is 3.87. The van der Waals surface area contributed by atoms with Crippen LogP contribution in [-0.4, -0.2) is 34.6 Å². The smallest absolute Gasteiger partial charge is 0.255 e. The van der Waals surface area contributed by atoms with E-state index in [0.29, 0.717) is 35.7 Å². The van der Waals surface area contributed by atoms with E-state index in [-0.39, 0.29) is 17.9 Å². The summed E-state index contributed by atoms with van der Waals surface area (Å²) in [6, 6.07) is 7.12. The topological polar surface area (TPSA) is 86.9 Å². The van der Waals surface area contributed by atoms with Gasteiger partial charge in [-0.2, -0.15) is 5.10 Å². The lowest BCUT2D eigenvalue weighted by atomic mass is 10.0. The van der Waals surface area contributed by atoms with Crippen molar-refractivity contribution in [2.75, 3.05) is 6.54 Å². The van der Waals surface area contributed by atoms with Gasteiger partial charge in [0.1, 0.15) is 0 Å². The number of aromatic amines is 1. The molecule has 1 aliphatic heterocycles. The van der Waals surface area contributed by atoms with Crippen molar-refractivity contribution in [3.05, 3.63) is 41.0 Å². The zero-order valence-corrected chi connectivity index (χ0v) is 12.5. The largest absolute Gasteiger partial charge is 0.354 e. The van der Waals surface area contributed by atoms with Crippen LogP contribution >= 0.6 is 11.6 Å². The van der Waals surface area contributed by atoms with Crippen molar-refractivity contribution in [3.8, 4) is 11.3 Å². The van der Waals surface area contributed by atoms with Gasteiger partial charge in [-0.15, -0.1) is 0 Å². The molecule has 6 nitrogen and oxygen atoms in total. The molecule has 114 valence electrons. The van der Waals surface area contributed by atoms with Crippen LogP contribution in [0.2, 0.25) is 5.02 Å². The number of H-pyrrole nitrogens is 1. The van der Waals surface area contributed by atoms with E-state index in [1.165, 1.54) is 6.20 Å². The summed E-state index contributed by atoms with van der Waals surface area (Å²) >= 11 is 5.88. The monoisotopic (exact) mass is 318 g/mol. The first-order chi connectivity index (χ1) is 10.6. The Hall–Kier alpha value is -2.34. The molecule has 1 saturated heterocycles. The molecule has 1 aliphatic rings. The fourth-order valence-electron chi connectivity index (χ4n) is 2.41. The van der Waals surface area contributed by atoms with Crippen molar-refractivity contribution in [2.24, 2.45) is 0 Å². The zero-order chi connectivity index (χ0) is 15.5. The number of piperidine rings is 1. The van der Waals surface area contributed by atoms with Crippen LogP contribution in [0.5, 0.6) is 0 Å². The molecule has 2 amide bonds. The molecule has 1 fully saturated rings. The highest BCUT2D eigenvalue weighted by atomic mass is 35.5. The highest BCUT2D eigenvalue weighted by Gasteiger charge is 2.22. The van der Waals surface area contributed by atoms with E-state index in [1.807, 2.05) is 12.1 Å². The standard InChI is InChI=1S/C15H15ClN4O2/c16-10-3-1-9(2-4-10)14-12(8-18-20-14)15(22)19-11-5-6-13(21)17-7-11/h1-4,8,11H,5-7H2,(H,17,21)(H,18,20)(H,19,22). The highest BCUT2D eigenvalue weighted by molar-refractivity contribution is 6.30. The molecule has 2 heterocycles. The first kappa shape index (κ1) is 14.6. The van der Waals surface area contributed by atoms with Crippen LogP contribution in [0.15, 0.2) is 30.5 Å². The molecule has 1 unspecified atom stereocenters. The van der Waals surface area contributed by atoms with E-state index in [4.69, 9.17) is 11.6 Å². The molecule has 7 heteroatoms. The van der Waals surface area contributed by atoms with E-state index >= 15 is 0 Å². The number of benzene rings is 1. The van der Waals surface area contributed by atoms with Gasteiger partial charge < -0.3 is 10.6 Å². The van der Waals surface area contributed by atoms with Crippen molar-refractivity contribution < 1.29 is 9.59 Å². The van der Waals surface area contributed by atoms with E-state index in [2.05, 4.69) is 20.8 Å². The summed E-state index contributed by atoms with van der Waals surface area (Å²) < 4.78 is 0. The maximum Gasteiger partial charge on any atom is 0.255 e. The molecule has 0 spiro atoms. The lowest BCUT2D eigenvalue weighted by molar-refractivity contribution is -0.122. The Morgan fingerprint density at radius 2 is 2.09 bits per heavy atom. The Bertz CT molecular complexity index is 686. The molecule has 0 bridgehead atoms. The highest BCUT2D eigenvalue weighted by Crippen LogP contribution is 2.23. The van der Waals surface area contributed by atoms with E-state index < -0.39 is 0 Å². The van der Waals surface area contributed by atoms with Crippen LogP contribution < -0.4 is 10.6 Å². The molecule has 3 N–H and O–H groups in total.